The molecule has 17 nitrogen and oxygen atoms in total. The van der Waals surface area contributed by atoms with Gasteiger partial charge in [0.2, 0.25) is 0 Å². The molecule has 0 aromatic heterocycles. The van der Waals surface area contributed by atoms with Crippen LogP contribution in [0.5, 0.6) is 0 Å². The van der Waals surface area contributed by atoms with Crippen molar-refractivity contribution < 1.29 is 80.2 Å². The van der Waals surface area contributed by atoms with Crippen molar-refractivity contribution in [1.29, 1.82) is 0 Å². The SMILES string of the molecule is CCCCCCCCCCCCCCCC(=O)OC[C@H](COP(=O)(O)OC[C@@H](O)COP(=O)(O)OC[C@@H](COC(=O)CCCCCCCCCC)OC(=O)CCCCCCCCC(C)CC)OC(=O)CCCCCCCCCCCCCC(C)C. The van der Waals surface area contributed by atoms with Crippen molar-refractivity contribution in [2.45, 2.75) is 349 Å². The summed E-state index contributed by atoms with van der Waals surface area (Å²) in [6, 6.07) is 0. The van der Waals surface area contributed by atoms with E-state index in [2.05, 4.69) is 41.5 Å². The first-order valence-corrected chi connectivity index (χ1v) is 37.5. The number of aliphatic hydroxyl groups is 1. The van der Waals surface area contributed by atoms with Gasteiger partial charge in [-0.15, -0.1) is 0 Å². The smallest absolute Gasteiger partial charge is 0.462 e. The van der Waals surface area contributed by atoms with Crippen LogP contribution in [0.3, 0.4) is 0 Å². The van der Waals surface area contributed by atoms with Crippen LogP contribution in [-0.4, -0.2) is 96.7 Å². The van der Waals surface area contributed by atoms with E-state index >= 15 is 0 Å². The van der Waals surface area contributed by atoms with E-state index in [1.54, 1.807) is 0 Å². The second-order valence-corrected chi connectivity index (χ2v) is 27.5. The molecule has 0 heterocycles. The lowest BCUT2D eigenvalue weighted by Crippen LogP contribution is -2.30. The van der Waals surface area contributed by atoms with Gasteiger partial charge in [0.15, 0.2) is 12.2 Å². The third-order valence-electron chi connectivity index (χ3n) is 15.6. The van der Waals surface area contributed by atoms with E-state index in [4.69, 9.17) is 37.0 Å². The largest absolute Gasteiger partial charge is 0.472 e. The summed E-state index contributed by atoms with van der Waals surface area (Å²) in [5, 5.41) is 10.5. The Balaban J connectivity index is 5.23. The number of phosphoric ester groups is 2. The third-order valence-corrected chi connectivity index (χ3v) is 17.5. The molecule has 504 valence electrons. The molecule has 0 spiro atoms. The van der Waals surface area contributed by atoms with Gasteiger partial charge in [0.1, 0.15) is 19.3 Å². The number of hydrogen-bond donors (Lipinski definition) is 3. The molecule has 0 rings (SSSR count). The summed E-state index contributed by atoms with van der Waals surface area (Å²) in [5.74, 6) is -0.648. The minimum Gasteiger partial charge on any atom is -0.462 e. The van der Waals surface area contributed by atoms with Crippen LogP contribution in [0.2, 0.25) is 0 Å². The second-order valence-electron chi connectivity index (χ2n) is 24.6. The van der Waals surface area contributed by atoms with Crippen LogP contribution in [0.15, 0.2) is 0 Å². The van der Waals surface area contributed by atoms with Crippen molar-refractivity contribution in [3.05, 3.63) is 0 Å². The Morgan fingerprint density at radius 1 is 0.341 bits per heavy atom. The van der Waals surface area contributed by atoms with E-state index in [0.29, 0.717) is 25.7 Å². The minimum atomic E-state index is -4.95. The molecule has 0 amide bonds. The van der Waals surface area contributed by atoms with Crippen LogP contribution in [-0.2, 0) is 65.4 Å². The number of esters is 4. The normalized spacial score (nSPS) is 14.6. The standard InChI is InChI=1S/C66H128O17P2/c1-7-10-12-14-16-18-19-20-23-26-30-37-43-49-64(69)77-54-61(82-65(70)50-44-38-31-27-24-21-22-25-28-34-40-46-58(4)5)56-80-84(72,73)78-52-60(67)53-79-85(74,75)81-57-62(55-76-63(68)48-42-36-29-17-15-13-11-8-2)83-66(71)51-45-39-33-32-35-41-47-59(6)9-3/h58-62,67H,7-57H2,1-6H3,(H,72,73)(H,74,75)/t59?,60-,61-,62-/m1/s1. The number of unbranched alkanes of at least 4 members (excludes halogenated alkanes) is 34. The maximum atomic E-state index is 13.0. The monoisotopic (exact) mass is 1250 g/mol. The Labute approximate surface area is 517 Å². The molecule has 0 saturated carbocycles. The summed E-state index contributed by atoms with van der Waals surface area (Å²) in [4.78, 5) is 72.3. The number of aliphatic hydroxyl groups excluding tert-OH is 1. The highest BCUT2D eigenvalue weighted by molar-refractivity contribution is 7.47. The second kappa shape index (κ2) is 58.4. The van der Waals surface area contributed by atoms with Gasteiger partial charge in [-0.05, 0) is 37.5 Å². The van der Waals surface area contributed by atoms with Crippen molar-refractivity contribution in [3.63, 3.8) is 0 Å². The summed E-state index contributed by atoms with van der Waals surface area (Å²) in [5.41, 5.74) is 0. The first-order valence-electron chi connectivity index (χ1n) is 34.5. The van der Waals surface area contributed by atoms with Crippen molar-refractivity contribution >= 4 is 39.5 Å². The number of ether oxygens (including phenoxy) is 4. The highest BCUT2D eigenvalue weighted by atomic mass is 31.2. The van der Waals surface area contributed by atoms with E-state index in [0.717, 1.165) is 108 Å². The fourth-order valence-electron chi connectivity index (χ4n) is 9.85. The molecule has 0 aliphatic carbocycles. The molecule has 0 bridgehead atoms. The average Bonchev–Trinajstić information content (AvgIpc) is 3.59. The zero-order chi connectivity index (χ0) is 62.9. The van der Waals surface area contributed by atoms with E-state index in [-0.39, 0.29) is 25.7 Å². The molecule has 0 radical (unpaired) electrons. The van der Waals surface area contributed by atoms with Crippen LogP contribution in [0.25, 0.3) is 0 Å². The third kappa shape index (κ3) is 59.5. The lowest BCUT2D eigenvalue weighted by atomic mass is 10.00. The Hall–Kier alpha value is -1.94. The van der Waals surface area contributed by atoms with Crippen molar-refractivity contribution in [2.75, 3.05) is 39.6 Å². The van der Waals surface area contributed by atoms with Gasteiger partial charge in [0.25, 0.3) is 0 Å². The molecular formula is C66H128O17P2. The van der Waals surface area contributed by atoms with Gasteiger partial charge in [0.05, 0.1) is 26.4 Å². The summed E-state index contributed by atoms with van der Waals surface area (Å²) in [6.07, 6.45) is 41.7. The Kier molecular flexibility index (Phi) is 57.1. The number of phosphoric acid groups is 2. The summed E-state index contributed by atoms with van der Waals surface area (Å²) < 4.78 is 68.0. The topological polar surface area (TPSA) is 237 Å². The summed E-state index contributed by atoms with van der Waals surface area (Å²) >= 11 is 0. The van der Waals surface area contributed by atoms with Crippen LogP contribution in [0.4, 0.5) is 0 Å². The number of rotatable bonds is 65. The van der Waals surface area contributed by atoms with E-state index in [1.807, 2.05) is 0 Å². The van der Waals surface area contributed by atoms with Gasteiger partial charge >= 0.3 is 39.5 Å². The lowest BCUT2D eigenvalue weighted by Gasteiger charge is -2.21. The number of carbonyl (C=O) groups excluding carboxylic acids is 4. The van der Waals surface area contributed by atoms with Gasteiger partial charge in [0, 0.05) is 25.7 Å². The minimum absolute atomic E-state index is 0.103. The van der Waals surface area contributed by atoms with Crippen LogP contribution in [0.1, 0.15) is 330 Å². The first-order chi connectivity index (χ1) is 40.9. The quantitative estimate of drug-likeness (QED) is 0.0222. The molecule has 19 heteroatoms. The highest BCUT2D eigenvalue weighted by Crippen LogP contribution is 2.45. The maximum absolute atomic E-state index is 13.0. The van der Waals surface area contributed by atoms with Crippen LogP contribution in [0, 0.1) is 11.8 Å². The molecule has 0 aromatic rings. The molecule has 0 aromatic carbocycles. The molecule has 6 atom stereocenters. The summed E-state index contributed by atoms with van der Waals surface area (Å²) in [6.45, 7) is 9.44. The van der Waals surface area contributed by atoms with E-state index in [9.17, 15) is 43.2 Å². The van der Waals surface area contributed by atoms with Crippen LogP contribution >= 0.6 is 15.6 Å². The van der Waals surface area contributed by atoms with E-state index in [1.165, 1.54) is 141 Å². The fraction of sp³-hybridized carbons (Fsp3) is 0.939. The summed E-state index contributed by atoms with van der Waals surface area (Å²) in [7, 11) is -9.89. The Bertz CT molecular complexity index is 1670. The first kappa shape index (κ1) is 83.1. The van der Waals surface area contributed by atoms with Gasteiger partial charge in [-0.3, -0.25) is 37.3 Å². The highest BCUT2D eigenvalue weighted by Gasteiger charge is 2.30. The van der Waals surface area contributed by atoms with Gasteiger partial charge in [-0.1, -0.05) is 279 Å². The van der Waals surface area contributed by atoms with Gasteiger partial charge in [-0.25, -0.2) is 9.13 Å². The van der Waals surface area contributed by atoms with Gasteiger partial charge in [-0.2, -0.15) is 0 Å². The predicted molar refractivity (Wildman–Crippen MR) is 340 cm³/mol. The lowest BCUT2D eigenvalue weighted by molar-refractivity contribution is -0.161. The number of hydrogen-bond acceptors (Lipinski definition) is 15. The maximum Gasteiger partial charge on any atom is 0.472 e. The van der Waals surface area contributed by atoms with Crippen molar-refractivity contribution in [3.8, 4) is 0 Å². The molecule has 0 aliphatic heterocycles. The predicted octanol–water partition coefficient (Wildman–Crippen LogP) is 18.4. The molecule has 3 unspecified atom stereocenters. The fourth-order valence-corrected chi connectivity index (χ4v) is 11.4. The molecule has 0 aliphatic rings. The Morgan fingerprint density at radius 3 is 0.894 bits per heavy atom. The molecule has 85 heavy (non-hydrogen) atoms. The number of carbonyl (C=O) groups is 4. The van der Waals surface area contributed by atoms with Crippen LogP contribution < -0.4 is 0 Å². The zero-order valence-electron chi connectivity index (χ0n) is 54.9. The van der Waals surface area contributed by atoms with Gasteiger partial charge < -0.3 is 33.8 Å². The molecule has 0 fully saturated rings. The van der Waals surface area contributed by atoms with E-state index < -0.39 is 97.5 Å². The van der Waals surface area contributed by atoms with Crippen molar-refractivity contribution in [2.24, 2.45) is 11.8 Å². The Morgan fingerprint density at radius 2 is 0.600 bits per heavy atom. The average molecular weight is 1260 g/mol. The molecular weight excluding hydrogens is 1130 g/mol. The zero-order valence-corrected chi connectivity index (χ0v) is 56.7. The molecule has 3 N–H and O–H groups in total. The molecule has 0 saturated heterocycles. The van der Waals surface area contributed by atoms with Crippen molar-refractivity contribution in [1.82, 2.24) is 0 Å².